The zero-order valence-electron chi connectivity index (χ0n) is 16.1. The van der Waals surface area contributed by atoms with E-state index in [1.807, 2.05) is 0 Å². The van der Waals surface area contributed by atoms with Crippen LogP contribution in [-0.2, 0) is 6.42 Å². The van der Waals surface area contributed by atoms with Gasteiger partial charge in [-0.3, -0.25) is 4.99 Å². The van der Waals surface area contributed by atoms with Crippen LogP contribution in [-0.4, -0.2) is 70.2 Å². The van der Waals surface area contributed by atoms with Crippen molar-refractivity contribution < 1.29 is 5.11 Å². The number of guanidine groups is 1. The molecule has 0 spiro atoms. The van der Waals surface area contributed by atoms with Crippen molar-refractivity contribution in [2.75, 3.05) is 44.2 Å². The second-order valence-electron chi connectivity index (χ2n) is 7.28. The monoisotopic (exact) mass is 380 g/mol. The quantitative estimate of drug-likeness (QED) is 0.600. The van der Waals surface area contributed by atoms with Crippen molar-refractivity contribution >= 4 is 22.6 Å². The number of aryl methyl sites for hydroxylation is 1. The van der Waals surface area contributed by atoms with E-state index < -0.39 is 5.60 Å². The van der Waals surface area contributed by atoms with Crippen molar-refractivity contribution in [1.82, 2.24) is 19.6 Å². The Morgan fingerprint density at radius 3 is 2.54 bits per heavy atom. The second kappa shape index (κ2) is 8.99. The molecule has 26 heavy (non-hydrogen) atoms. The number of hydrogen-bond acceptors (Lipinski definition) is 6. The molecule has 146 valence electrons. The summed E-state index contributed by atoms with van der Waals surface area (Å²) in [6.45, 7) is 9.19. The molecular weight excluding hydrogens is 348 g/mol. The highest BCUT2D eigenvalue weighted by Crippen LogP contribution is 2.28. The lowest BCUT2D eigenvalue weighted by Crippen LogP contribution is -2.53. The minimum atomic E-state index is -0.607. The summed E-state index contributed by atoms with van der Waals surface area (Å²) in [5, 5.41) is 15.2. The Bertz CT molecular complexity index is 590. The Morgan fingerprint density at radius 1 is 1.19 bits per heavy atom. The number of nitrogens with zero attached hydrogens (tertiary/aromatic N) is 5. The van der Waals surface area contributed by atoms with Gasteiger partial charge in [-0.25, -0.2) is 4.98 Å². The number of hydrogen-bond donors (Lipinski definition) is 2. The van der Waals surface area contributed by atoms with Crippen LogP contribution in [0.4, 0.5) is 5.13 Å². The third-order valence-electron chi connectivity index (χ3n) is 5.27. The molecule has 1 aromatic rings. The third kappa shape index (κ3) is 4.85. The summed E-state index contributed by atoms with van der Waals surface area (Å²) in [5.41, 5.74) is -0.607. The van der Waals surface area contributed by atoms with Crippen molar-refractivity contribution in [2.45, 2.75) is 58.0 Å². The average Bonchev–Trinajstić information content (AvgIpc) is 3.15. The number of rotatable bonds is 5. The molecule has 0 radical (unpaired) electrons. The van der Waals surface area contributed by atoms with Crippen LogP contribution in [0.25, 0.3) is 0 Å². The first-order valence-electron chi connectivity index (χ1n) is 9.97. The fourth-order valence-corrected chi connectivity index (χ4v) is 4.44. The predicted octanol–water partition coefficient (Wildman–Crippen LogP) is 1.88. The summed E-state index contributed by atoms with van der Waals surface area (Å²) in [4.78, 5) is 14.0. The van der Waals surface area contributed by atoms with Gasteiger partial charge in [-0.2, -0.15) is 4.37 Å². The van der Waals surface area contributed by atoms with Gasteiger partial charge in [-0.15, -0.1) is 0 Å². The van der Waals surface area contributed by atoms with Gasteiger partial charge in [-0.1, -0.05) is 26.2 Å². The van der Waals surface area contributed by atoms with E-state index in [9.17, 15) is 5.11 Å². The van der Waals surface area contributed by atoms with Gasteiger partial charge < -0.3 is 20.2 Å². The molecule has 0 unspecified atom stereocenters. The Labute approximate surface area is 160 Å². The number of aliphatic imine (C=N–C) groups is 1. The first kappa shape index (κ1) is 19.4. The SMILES string of the molecule is CCNC(=NCC1(O)CCCCC1)N1CCN(c2nc(CC)ns2)CC1. The molecule has 0 aromatic carbocycles. The Kier molecular flexibility index (Phi) is 6.69. The van der Waals surface area contributed by atoms with E-state index in [1.165, 1.54) is 18.0 Å². The van der Waals surface area contributed by atoms with Crippen LogP contribution in [0.5, 0.6) is 0 Å². The molecule has 1 aliphatic carbocycles. The van der Waals surface area contributed by atoms with Gasteiger partial charge in [0.05, 0.1) is 12.1 Å². The van der Waals surface area contributed by atoms with Gasteiger partial charge >= 0.3 is 0 Å². The highest BCUT2D eigenvalue weighted by atomic mass is 32.1. The molecule has 2 heterocycles. The molecule has 3 rings (SSSR count). The van der Waals surface area contributed by atoms with Gasteiger partial charge in [0.2, 0.25) is 5.13 Å². The van der Waals surface area contributed by atoms with Crippen molar-refractivity contribution in [3.63, 3.8) is 0 Å². The Balaban J connectivity index is 1.58. The zero-order valence-corrected chi connectivity index (χ0v) is 16.9. The third-order valence-corrected chi connectivity index (χ3v) is 6.08. The van der Waals surface area contributed by atoms with E-state index in [0.29, 0.717) is 6.54 Å². The molecular formula is C18H32N6OS. The van der Waals surface area contributed by atoms with Gasteiger partial charge in [0.15, 0.2) is 5.96 Å². The minimum Gasteiger partial charge on any atom is -0.388 e. The number of anilines is 1. The molecule has 0 amide bonds. The topological polar surface area (TPSA) is 76.9 Å². The molecule has 1 aliphatic heterocycles. The maximum atomic E-state index is 10.7. The average molecular weight is 381 g/mol. The number of nitrogens with one attached hydrogen (secondary N) is 1. The first-order valence-corrected chi connectivity index (χ1v) is 10.7. The summed E-state index contributed by atoms with van der Waals surface area (Å²) in [5.74, 6) is 1.86. The van der Waals surface area contributed by atoms with Crippen molar-refractivity contribution in [1.29, 1.82) is 0 Å². The molecule has 0 atom stereocenters. The highest BCUT2D eigenvalue weighted by molar-refractivity contribution is 7.09. The first-order chi connectivity index (χ1) is 12.6. The maximum absolute atomic E-state index is 10.7. The molecule has 2 fully saturated rings. The van der Waals surface area contributed by atoms with Gasteiger partial charge in [0.1, 0.15) is 5.82 Å². The van der Waals surface area contributed by atoms with E-state index in [4.69, 9.17) is 4.99 Å². The predicted molar refractivity (Wildman–Crippen MR) is 107 cm³/mol. The molecule has 2 N–H and O–H groups in total. The van der Waals surface area contributed by atoms with Crippen LogP contribution in [0.1, 0.15) is 51.8 Å². The molecule has 7 nitrogen and oxygen atoms in total. The van der Waals surface area contributed by atoms with E-state index in [2.05, 4.69) is 38.3 Å². The van der Waals surface area contributed by atoms with E-state index in [0.717, 1.165) is 81.7 Å². The van der Waals surface area contributed by atoms with Crippen LogP contribution in [0.2, 0.25) is 0 Å². The molecule has 1 saturated carbocycles. The van der Waals surface area contributed by atoms with Crippen LogP contribution in [0.15, 0.2) is 4.99 Å². The lowest BCUT2D eigenvalue weighted by molar-refractivity contribution is 0.0129. The molecule has 8 heteroatoms. The van der Waals surface area contributed by atoms with E-state index >= 15 is 0 Å². The van der Waals surface area contributed by atoms with E-state index in [-0.39, 0.29) is 0 Å². The van der Waals surface area contributed by atoms with Gasteiger partial charge in [0, 0.05) is 50.7 Å². The lowest BCUT2D eigenvalue weighted by atomic mass is 9.85. The Hall–Kier alpha value is -1.41. The van der Waals surface area contributed by atoms with Crippen LogP contribution in [0, 0.1) is 0 Å². The van der Waals surface area contributed by atoms with Crippen molar-refractivity contribution in [2.24, 2.45) is 4.99 Å². The molecule has 2 aliphatic rings. The van der Waals surface area contributed by atoms with Gasteiger partial charge in [-0.05, 0) is 19.8 Å². The van der Waals surface area contributed by atoms with Gasteiger partial charge in [0.25, 0.3) is 0 Å². The normalized spacial score (nSPS) is 21.1. The number of aliphatic hydroxyl groups is 1. The molecule has 1 aromatic heterocycles. The summed E-state index contributed by atoms with van der Waals surface area (Å²) in [6, 6.07) is 0. The number of aromatic nitrogens is 2. The lowest BCUT2D eigenvalue weighted by Gasteiger charge is -2.37. The fourth-order valence-electron chi connectivity index (χ4n) is 3.64. The standard InChI is InChI=1S/C18H32N6OS/c1-3-15-21-17(26-22-15)24-12-10-23(11-13-24)16(19-4-2)20-14-18(25)8-6-5-7-9-18/h25H,3-14H2,1-2H3,(H,19,20). The number of piperazine rings is 1. The molecule has 0 bridgehead atoms. The van der Waals surface area contributed by atoms with Crippen LogP contribution >= 0.6 is 11.5 Å². The van der Waals surface area contributed by atoms with E-state index in [1.54, 1.807) is 0 Å². The smallest absolute Gasteiger partial charge is 0.205 e. The summed E-state index contributed by atoms with van der Waals surface area (Å²) >= 11 is 1.50. The largest absolute Gasteiger partial charge is 0.388 e. The summed E-state index contributed by atoms with van der Waals surface area (Å²) in [7, 11) is 0. The zero-order chi connectivity index (χ0) is 18.4. The minimum absolute atomic E-state index is 0.506. The van der Waals surface area contributed by atoms with Crippen molar-refractivity contribution in [3.05, 3.63) is 5.82 Å². The fraction of sp³-hybridized carbons (Fsp3) is 0.833. The summed E-state index contributed by atoms with van der Waals surface area (Å²) < 4.78 is 4.39. The second-order valence-corrected chi connectivity index (χ2v) is 8.01. The Morgan fingerprint density at radius 2 is 1.92 bits per heavy atom. The summed E-state index contributed by atoms with van der Waals surface area (Å²) in [6.07, 6.45) is 6.10. The van der Waals surface area contributed by atoms with Crippen LogP contribution in [0.3, 0.4) is 0 Å². The van der Waals surface area contributed by atoms with Crippen LogP contribution < -0.4 is 10.2 Å². The van der Waals surface area contributed by atoms with Crippen molar-refractivity contribution in [3.8, 4) is 0 Å². The maximum Gasteiger partial charge on any atom is 0.205 e. The molecule has 1 saturated heterocycles. The highest BCUT2D eigenvalue weighted by Gasteiger charge is 2.29.